The van der Waals surface area contributed by atoms with Crippen molar-refractivity contribution in [3.05, 3.63) is 23.5 Å². The molecule has 0 unspecified atom stereocenters. The second kappa shape index (κ2) is 4.49. The molecule has 0 bridgehead atoms. The molecule has 1 aromatic heterocycles. The summed E-state index contributed by atoms with van der Waals surface area (Å²) >= 11 is 0. The Morgan fingerprint density at radius 1 is 1.69 bits per heavy atom. The first kappa shape index (κ1) is 10.9. The highest BCUT2D eigenvalue weighted by molar-refractivity contribution is 5.92. The number of ether oxygens (including phenoxy) is 1. The zero-order valence-electron chi connectivity index (χ0n) is 9.19. The molecule has 0 atom stereocenters. The molecule has 86 valence electrons. The lowest BCUT2D eigenvalue weighted by molar-refractivity contribution is 0.0958. The smallest absolute Gasteiger partial charge is 0.269 e. The lowest BCUT2D eigenvalue weighted by Crippen LogP contribution is -2.20. The van der Waals surface area contributed by atoms with Crippen LogP contribution in [0.1, 0.15) is 28.9 Å². The fraction of sp³-hybridized carbons (Fsp3) is 0.455. The third kappa shape index (κ3) is 2.30. The largest absolute Gasteiger partial charge is 0.488 e. The van der Waals surface area contributed by atoms with Crippen molar-refractivity contribution in [1.82, 2.24) is 10.3 Å². The van der Waals surface area contributed by atoms with Gasteiger partial charge < -0.3 is 15.8 Å². The van der Waals surface area contributed by atoms with Crippen LogP contribution in [0.15, 0.2) is 12.3 Å². The van der Waals surface area contributed by atoms with E-state index in [1.807, 2.05) is 0 Å². The lowest BCUT2D eigenvalue weighted by atomic mass is 10.2. The molecule has 2 rings (SSSR count). The van der Waals surface area contributed by atoms with Gasteiger partial charge in [0, 0.05) is 19.2 Å². The molecule has 1 heterocycles. The van der Waals surface area contributed by atoms with E-state index in [0.29, 0.717) is 24.1 Å². The van der Waals surface area contributed by atoms with Gasteiger partial charge in [0.1, 0.15) is 11.4 Å². The van der Waals surface area contributed by atoms with Crippen molar-refractivity contribution < 1.29 is 9.53 Å². The van der Waals surface area contributed by atoms with Crippen molar-refractivity contribution in [2.24, 2.45) is 5.73 Å². The topological polar surface area (TPSA) is 77.2 Å². The molecule has 0 aromatic carbocycles. The molecule has 1 aliphatic rings. The molecule has 0 saturated heterocycles. The number of amides is 1. The Bertz CT molecular complexity index is 402. The number of hydrogen-bond acceptors (Lipinski definition) is 4. The molecule has 5 nitrogen and oxygen atoms in total. The number of nitrogens with one attached hydrogen (secondary N) is 1. The normalized spacial score (nSPS) is 14.6. The highest BCUT2D eigenvalue weighted by Crippen LogP contribution is 2.28. The fourth-order valence-corrected chi connectivity index (χ4v) is 1.37. The first-order valence-corrected chi connectivity index (χ1v) is 5.32. The zero-order valence-corrected chi connectivity index (χ0v) is 9.19. The minimum atomic E-state index is -0.215. The predicted molar refractivity (Wildman–Crippen MR) is 59.2 cm³/mol. The molecule has 3 N–H and O–H groups in total. The summed E-state index contributed by atoms with van der Waals surface area (Å²) in [6, 6.07) is 1.68. The molecule has 1 aliphatic carbocycles. The van der Waals surface area contributed by atoms with Crippen LogP contribution in [-0.4, -0.2) is 24.0 Å². The van der Waals surface area contributed by atoms with Gasteiger partial charge in [-0.1, -0.05) is 0 Å². The standard InChI is InChI=1S/C11H15N3O2/c1-13-11(15)9-4-7(5-12)10(6-14-9)16-8-2-3-8/h4,6,8H,2-3,5,12H2,1H3,(H,13,15). The minimum absolute atomic E-state index is 0.215. The summed E-state index contributed by atoms with van der Waals surface area (Å²) in [6.07, 6.45) is 4.05. The number of nitrogens with two attached hydrogens (primary N) is 1. The Morgan fingerprint density at radius 2 is 2.44 bits per heavy atom. The molecule has 16 heavy (non-hydrogen) atoms. The van der Waals surface area contributed by atoms with Gasteiger partial charge in [-0.3, -0.25) is 4.79 Å². The van der Waals surface area contributed by atoms with Gasteiger partial charge in [0.25, 0.3) is 5.91 Å². The first-order chi connectivity index (χ1) is 7.74. The van der Waals surface area contributed by atoms with Crippen LogP contribution in [0.5, 0.6) is 5.75 Å². The van der Waals surface area contributed by atoms with Crippen molar-refractivity contribution in [3.8, 4) is 5.75 Å². The van der Waals surface area contributed by atoms with Crippen LogP contribution in [0.25, 0.3) is 0 Å². The number of rotatable bonds is 4. The Hall–Kier alpha value is -1.62. The maximum absolute atomic E-state index is 11.4. The SMILES string of the molecule is CNC(=O)c1cc(CN)c(OC2CC2)cn1. The first-order valence-electron chi connectivity index (χ1n) is 5.32. The highest BCUT2D eigenvalue weighted by atomic mass is 16.5. The molecule has 0 radical (unpaired) electrons. The van der Waals surface area contributed by atoms with Crippen LogP contribution in [0.3, 0.4) is 0 Å². The molecule has 0 aliphatic heterocycles. The monoisotopic (exact) mass is 221 g/mol. The van der Waals surface area contributed by atoms with E-state index in [4.69, 9.17) is 10.5 Å². The number of carbonyl (C=O) groups is 1. The molecule has 1 fully saturated rings. The zero-order chi connectivity index (χ0) is 11.5. The number of aromatic nitrogens is 1. The van der Waals surface area contributed by atoms with E-state index in [1.54, 1.807) is 19.3 Å². The molecule has 1 aromatic rings. The maximum atomic E-state index is 11.4. The van der Waals surface area contributed by atoms with Gasteiger partial charge in [-0.15, -0.1) is 0 Å². The van der Waals surface area contributed by atoms with Gasteiger partial charge in [0.05, 0.1) is 12.3 Å². The van der Waals surface area contributed by atoms with Crippen LogP contribution < -0.4 is 15.8 Å². The van der Waals surface area contributed by atoms with E-state index in [9.17, 15) is 4.79 Å². The number of nitrogens with zero attached hydrogens (tertiary/aromatic N) is 1. The van der Waals surface area contributed by atoms with Gasteiger partial charge in [0.2, 0.25) is 0 Å². The summed E-state index contributed by atoms with van der Waals surface area (Å²) < 4.78 is 5.64. The van der Waals surface area contributed by atoms with Gasteiger partial charge in [-0.05, 0) is 18.9 Å². The van der Waals surface area contributed by atoms with E-state index in [2.05, 4.69) is 10.3 Å². The summed E-state index contributed by atoms with van der Waals surface area (Å²) in [5, 5.41) is 2.52. The van der Waals surface area contributed by atoms with E-state index >= 15 is 0 Å². The Kier molecular flexibility index (Phi) is 3.05. The molecule has 1 amide bonds. The van der Waals surface area contributed by atoms with E-state index < -0.39 is 0 Å². The Balaban J connectivity index is 2.22. The lowest BCUT2D eigenvalue weighted by Gasteiger charge is -2.10. The predicted octanol–water partition coefficient (Wildman–Crippen LogP) is 0.441. The van der Waals surface area contributed by atoms with Gasteiger partial charge in [0.15, 0.2) is 0 Å². The molecular weight excluding hydrogens is 206 g/mol. The summed E-state index contributed by atoms with van der Waals surface area (Å²) in [7, 11) is 1.57. The molecule has 5 heteroatoms. The average molecular weight is 221 g/mol. The van der Waals surface area contributed by atoms with E-state index in [-0.39, 0.29) is 5.91 Å². The van der Waals surface area contributed by atoms with Gasteiger partial charge >= 0.3 is 0 Å². The Labute approximate surface area is 94.0 Å². The second-order valence-corrected chi connectivity index (χ2v) is 3.78. The van der Waals surface area contributed by atoms with Crippen LogP contribution >= 0.6 is 0 Å². The van der Waals surface area contributed by atoms with E-state index in [1.165, 1.54) is 0 Å². The number of hydrogen-bond donors (Lipinski definition) is 2. The van der Waals surface area contributed by atoms with Crippen molar-refractivity contribution in [2.75, 3.05) is 7.05 Å². The van der Waals surface area contributed by atoms with Crippen molar-refractivity contribution in [1.29, 1.82) is 0 Å². The summed E-state index contributed by atoms with van der Waals surface area (Å²) in [5.74, 6) is 0.477. The number of carbonyl (C=O) groups excluding carboxylic acids is 1. The van der Waals surface area contributed by atoms with Crippen LogP contribution in [0.4, 0.5) is 0 Å². The third-order valence-corrected chi connectivity index (χ3v) is 2.45. The maximum Gasteiger partial charge on any atom is 0.269 e. The van der Waals surface area contributed by atoms with E-state index in [0.717, 1.165) is 18.4 Å². The Morgan fingerprint density at radius 3 is 3.00 bits per heavy atom. The average Bonchev–Trinajstić information content (AvgIpc) is 3.12. The van der Waals surface area contributed by atoms with Crippen molar-refractivity contribution >= 4 is 5.91 Å². The second-order valence-electron chi connectivity index (χ2n) is 3.78. The van der Waals surface area contributed by atoms with Crippen LogP contribution in [-0.2, 0) is 6.54 Å². The quantitative estimate of drug-likeness (QED) is 0.773. The van der Waals surface area contributed by atoms with Crippen LogP contribution in [0, 0.1) is 0 Å². The van der Waals surface area contributed by atoms with Gasteiger partial charge in [-0.25, -0.2) is 4.98 Å². The van der Waals surface area contributed by atoms with Crippen molar-refractivity contribution in [3.63, 3.8) is 0 Å². The summed E-state index contributed by atoms with van der Waals surface area (Å²) in [4.78, 5) is 15.4. The number of pyridine rings is 1. The molecule has 1 saturated carbocycles. The van der Waals surface area contributed by atoms with Gasteiger partial charge in [-0.2, -0.15) is 0 Å². The van der Waals surface area contributed by atoms with Crippen LogP contribution in [0.2, 0.25) is 0 Å². The summed E-state index contributed by atoms with van der Waals surface area (Å²) in [6.45, 7) is 0.342. The molecule has 0 spiro atoms. The highest BCUT2D eigenvalue weighted by Gasteiger charge is 2.24. The minimum Gasteiger partial charge on any atom is -0.488 e. The summed E-state index contributed by atoms with van der Waals surface area (Å²) in [5.41, 5.74) is 6.80. The fourth-order valence-electron chi connectivity index (χ4n) is 1.37. The van der Waals surface area contributed by atoms with Crippen molar-refractivity contribution in [2.45, 2.75) is 25.5 Å². The third-order valence-electron chi connectivity index (χ3n) is 2.45. The molecular formula is C11H15N3O2.